The van der Waals surface area contributed by atoms with Gasteiger partial charge in [-0.2, -0.15) is 0 Å². The quantitative estimate of drug-likeness (QED) is 0.217. The summed E-state index contributed by atoms with van der Waals surface area (Å²) in [6.45, 7) is 0. The van der Waals surface area contributed by atoms with Gasteiger partial charge in [0.25, 0.3) is 0 Å². The molecule has 0 heterocycles. The van der Waals surface area contributed by atoms with E-state index in [1.165, 1.54) is 0 Å². The minimum atomic E-state index is -2.35. The number of hydrogen-bond donors (Lipinski definition) is 0. The summed E-state index contributed by atoms with van der Waals surface area (Å²) in [4.78, 5) is 0. The molecule has 2 aromatic carbocycles. The van der Waals surface area contributed by atoms with E-state index in [0.717, 1.165) is 6.07 Å². The van der Waals surface area contributed by atoms with Gasteiger partial charge in [0.1, 0.15) is 11.6 Å². The molecule has 0 saturated heterocycles. The predicted octanol–water partition coefficient (Wildman–Crippen LogP) is 0.615. The Bertz CT molecular complexity index is 640. The van der Waals surface area contributed by atoms with Crippen molar-refractivity contribution in [3.8, 4) is 0 Å². The minimum absolute atomic E-state index is 0. The van der Waals surface area contributed by atoms with Crippen LogP contribution in [0.25, 0.3) is 10.8 Å². The van der Waals surface area contributed by atoms with Crippen LogP contribution in [0.5, 0.6) is 0 Å². The first-order valence-electron chi connectivity index (χ1n) is 4.07. The van der Waals surface area contributed by atoms with Crippen LogP contribution < -0.4 is 4.70 Å². The van der Waals surface area contributed by atoms with Crippen molar-refractivity contribution in [1.29, 1.82) is 0 Å². The van der Waals surface area contributed by atoms with Gasteiger partial charge in [-0.1, -0.05) is 0 Å². The maximum absolute atomic E-state index is 13.1. The van der Waals surface area contributed by atoms with Crippen LogP contribution >= 0.6 is 0 Å². The van der Waals surface area contributed by atoms with E-state index >= 15 is 0 Å². The van der Waals surface area contributed by atoms with Crippen molar-refractivity contribution in [2.45, 2.75) is 0 Å². The summed E-state index contributed by atoms with van der Waals surface area (Å²) in [5.41, 5.74) is 0. The molecule has 2 aromatic rings. The third kappa shape index (κ3) is 2.43. The summed E-state index contributed by atoms with van der Waals surface area (Å²) in [6, 6.07) is 1.09. The molecule has 0 aromatic heterocycles. The summed E-state index contributed by atoms with van der Waals surface area (Å²) in [5, 5.41) is -3.16. The third-order valence-electron chi connectivity index (χ3n) is 2.12. The Balaban J connectivity index is 0.00000162. The molecule has 0 nitrogen and oxygen atoms in total. The van der Waals surface area contributed by atoms with Gasteiger partial charge in [-0.25, -0.2) is 26.3 Å². The van der Waals surface area contributed by atoms with Gasteiger partial charge in [0.15, 0.2) is 11.6 Å². The Labute approximate surface area is 113 Å². The molecule has 19 heavy (non-hydrogen) atoms. The van der Waals surface area contributed by atoms with E-state index in [0.29, 0.717) is 0 Å². The van der Waals surface area contributed by atoms with E-state index in [9.17, 15) is 30.7 Å². The van der Waals surface area contributed by atoms with E-state index in [-0.39, 0.29) is 24.2 Å². The summed E-state index contributed by atoms with van der Waals surface area (Å²) in [6.07, 6.45) is 0. The molecule has 0 atom stereocenters. The van der Waals surface area contributed by atoms with E-state index in [4.69, 9.17) is 0 Å². The second-order valence-corrected chi connectivity index (χ2v) is 3.07. The smallest absolute Gasteiger partial charge is 1.00 e. The molecular weight excluding hydrogens is 337 g/mol. The van der Waals surface area contributed by atoms with Crippen LogP contribution in [0.4, 0.5) is 30.7 Å². The first-order chi connectivity index (χ1) is 7.86. The van der Waals surface area contributed by atoms with Gasteiger partial charge in [0, 0.05) is 11.6 Å². The predicted molar refractivity (Wildman–Crippen MR) is 42.5 cm³/mol. The minimum Gasteiger partial charge on any atom is -1.00 e. The molecule has 0 aliphatic rings. The Morgan fingerprint density at radius 1 is 0.526 bits per heavy atom. The second-order valence-electron chi connectivity index (χ2n) is 3.07. The van der Waals surface area contributed by atoms with Gasteiger partial charge in [0.2, 0.25) is 0 Å². The maximum atomic E-state index is 13.1. The van der Waals surface area contributed by atoms with Crippen LogP contribution in [-0.2, 0) is 19.5 Å². The number of benzene rings is 2. The van der Waals surface area contributed by atoms with Crippen molar-refractivity contribution in [3.05, 3.63) is 46.8 Å². The van der Waals surface area contributed by atoms with Gasteiger partial charge in [-0.15, -0.1) is 6.07 Å². The van der Waals surface area contributed by atoms with Crippen LogP contribution in [0, 0.1) is 46.8 Å². The zero-order chi connectivity index (χ0) is 12.9. The molecule has 0 fully saturated rings. The van der Waals surface area contributed by atoms with Gasteiger partial charge in [-0.3, -0.25) is 4.39 Å². The standard InChI is InChI=1S/C10F7.FH.Zn/c11-2-1-3(12)6(13)5-4(2)7(14)9(16)10(17)8(5)15;;/h;1H;/q-1;;+2/p-1. The monoisotopic (exact) mass is 336 g/mol. The summed E-state index contributed by atoms with van der Waals surface area (Å²) in [5.74, 6) is -14.9. The van der Waals surface area contributed by atoms with E-state index < -0.39 is 51.5 Å². The zero-order valence-electron chi connectivity index (χ0n) is 8.73. The van der Waals surface area contributed by atoms with Crippen LogP contribution in [0.1, 0.15) is 0 Å². The van der Waals surface area contributed by atoms with Crippen LogP contribution in [0.3, 0.4) is 0 Å². The summed E-state index contributed by atoms with van der Waals surface area (Å²) in [7, 11) is 0. The molecule has 0 radical (unpaired) electrons. The number of fused-ring (bicyclic) bond motifs is 1. The molecule has 0 aliphatic heterocycles. The van der Waals surface area contributed by atoms with Crippen molar-refractivity contribution in [2.75, 3.05) is 0 Å². The van der Waals surface area contributed by atoms with E-state index in [1.807, 2.05) is 0 Å². The Hall–Kier alpha value is -1.24. The van der Waals surface area contributed by atoms with Gasteiger partial charge < -0.3 is 4.70 Å². The Kier molecular flexibility index (Phi) is 5.44. The van der Waals surface area contributed by atoms with Crippen molar-refractivity contribution < 1.29 is 54.9 Å². The topological polar surface area (TPSA) is 0 Å². The second kappa shape index (κ2) is 5.82. The fourth-order valence-electron chi connectivity index (χ4n) is 1.37. The molecule has 2 rings (SSSR count). The molecular formula is C10F8Zn. The fraction of sp³-hybridized carbons (Fsp3) is 0. The number of halogens is 8. The number of rotatable bonds is 0. The average Bonchev–Trinajstić information content (AvgIpc) is 2.28. The fourth-order valence-corrected chi connectivity index (χ4v) is 1.37. The molecule has 98 valence electrons. The first kappa shape index (κ1) is 17.8. The van der Waals surface area contributed by atoms with Crippen LogP contribution in [-0.4, -0.2) is 0 Å². The zero-order valence-corrected chi connectivity index (χ0v) is 11.7. The molecule has 0 saturated carbocycles. The van der Waals surface area contributed by atoms with Gasteiger partial charge in [-0.05, 0) is 10.8 Å². The normalized spacial score (nSPS) is 10.1. The third-order valence-corrected chi connectivity index (χ3v) is 2.12. The van der Waals surface area contributed by atoms with Crippen LogP contribution in [0.15, 0.2) is 0 Å². The molecule has 9 heteroatoms. The van der Waals surface area contributed by atoms with Gasteiger partial charge in [0.05, 0.1) is 5.82 Å². The Morgan fingerprint density at radius 3 is 1.42 bits per heavy atom. The summed E-state index contributed by atoms with van der Waals surface area (Å²) < 4.78 is 90.4. The molecule has 0 amide bonds. The molecule has 0 unspecified atom stereocenters. The molecule has 0 spiro atoms. The average molecular weight is 337 g/mol. The van der Waals surface area contributed by atoms with Crippen molar-refractivity contribution in [1.82, 2.24) is 0 Å². The van der Waals surface area contributed by atoms with Crippen molar-refractivity contribution in [3.63, 3.8) is 0 Å². The maximum Gasteiger partial charge on any atom is 2.00 e. The molecule has 0 aliphatic carbocycles. The SMILES string of the molecule is Fc1[c-]c(F)c2c(F)c(F)c(F)c(F)c2c1F.[F-].[Zn+2]. The molecule has 0 N–H and O–H groups in total. The van der Waals surface area contributed by atoms with Crippen LogP contribution in [0.2, 0.25) is 0 Å². The molecule has 0 bridgehead atoms. The Morgan fingerprint density at radius 2 is 0.947 bits per heavy atom. The number of hydrogen-bond acceptors (Lipinski definition) is 0. The van der Waals surface area contributed by atoms with Crippen molar-refractivity contribution in [2.24, 2.45) is 0 Å². The largest absolute Gasteiger partial charge is 2.00 e. The first-order valence-corrected chi connectivity index (χ1v) is 4.07. The van der Waals surface area contributed by atoms with E-state index in [2.05, 4.69) is 0 Å². The summed E-state index contributed by atoms with van der Waals surface area (Å²) >= 11 is 0. The van der Waals surface area contributed by atoms with E-state index in [1.54, 1.807) is 0 Å². The van der Waals surface area contributed by atoms with Gasteiger partial charge >= 0.3 is 19.5 Å². The van der Waals surface area contributed by atoms with Crippen molar-refractivity contribution >= 4 is 10.8 Å².